The van der Waals surface area contributed by atoms with Crippen molar-refractivity contribution in [1.82, 2.24) is 5.32 Å². The van der Waals surface area contributed by atoms with E-state index in [4.69, 9.17) is 9.47 Å². The molecule has 3 rings (SSSR count). The van der Waals surface area contributed by atoms with Crippen LogP contribution in [0.15, 0.2) is 48.5 Å². The van der Waals surface area contributed by atoms with Gasteiger partial charge < -0.3 is 25.0 Å². The quantitative estimate of drug-likeness (QED) is 0.820. The number of amides is 3. The van der Waals surface area contributed by atoms with E-state index in [1.165, 1.54) is 0 Å². The van der Waals surface area contributed by atoms with E-state index in [9.17, 15) is 9.59 Å². The highest BCUT2D eigenvalue weighted by molar-refractivity contribution is 5.98. The molecule has 0 bridgehead atoms. The minimum Gasteiger partial charge on any atom is -0.495 e. The number of methoxy groups -OCH3 is 1. The van der Waals surface area contributed by atoms with Crippen molar-refractivity contribution < 1.29 is 19.1 Å². The first-order valence-electron chi connectivity index (χ1n) is 8.84. The van der Waals surface area contributed by atoms with E-state index in [1.807, 2.05) is 43.3 Å². The Hall–Kier alpha value is -3.22. The maximum absolute atomic E-state index is 12.3. The molecule has 27 heavy (non-hydrogen) atoms. The van der Waals surface area contributed by atoms with E-state index < -0.39 is 0 Å². The van der Waals surface area contributed by atoms with Gasteiger partial charge in [-0.3, -0.25) is 4.79 Å². The Labute approximate surface area is 158 Å². The van der Waals surface area contributed by atoms with Crippen LogP contribution in [-0.4, -0.2) is 38.2 Å². The van der Waals surface area contributed by atoms with Crippen LogP contribution < -0.4 is 25.0 Å². The number of benzene rings is 2. The Morgan fingerprint density at radius 2 is 1.93 bits per heavy atom. The van der Waals surface area contributed by atoms with Crippen LogP contribution in [0.25, 0.3) is 0 Å². The predicted octanol–water partition coefficient (Wildman–Crippen LogP) is 3.02. The Kier molecular flexibility index (Phi) is 5.80. The fourth-order valence-electron chi connectivity index (χ4n) is 3.03. The molecule has 1 aliphatic heterocycles. The largest absolute Gasteiger partial charge is 0.495 e. The molecule has 2 N–H and O–H groups in total. The molecule has 1 heterocycles. The number of anilines is 2. The van der Waals surface area contributed by atoms with Crippen LogP contribution in [0.1, 0.15) is 13.3 Å². The molecule has 1 atom stereocenters. The van der Waals surface area contributed by atoms with Gasteiger partial charge in [-0.25, -0.2) is 4.79 Å². The highest BCUT2D eigenvalue weighted by Crippen LogP contribution is 2.25. The van der Waals surface area contributed by atoms with Crippen LogP contribution in [0.3, 0.4) is 0 Å². The summed E-state index contributed by atoms with van der Waals surface area (Å²) in [6, 6.07) is 13.9. The van der Waals surface area contributed by atoms with Crippen LogP contribution in [0, 0.1) is 0 Å². The number of nitrogens with one attached hydrogen (secondary N) is 2. The van der Waals surface area contributed by atoms with E-state index in [0.717, 1.165) is 11.4 Å². The third-order valence-corrected chi connectivity index (χ3v) is 4.27. The van der Waals surface area contributed by atoms with Crippen LogP contribution >= 0.6 is 0 Å². The normalized spacial score (nSPS) is 16.1. The van der Waals surface area contributed by atoms with Crippen molar-refractivity contribution in [3.05, 3.63) is 48.5 Å². The minimum absolute atomic E-state index is 0.0262. The van der Waals surface area contributed by atoms with E-state index in [2.05, 4.69) is 10.6 Å². The van der Waals surface area contributed by atoms with E-state index >= 15 is 0 Å². The van der Waals surface area contributed by atoms with Gasteiger partial charge in [0.1, 0.15) is 11.5 Å². The van der Waals surface area contributed by atoms with Gasteiger partial charge in [-0.05, 0) is 43.3 Å². The number of rotatable bonds is 6. The van der Waals surface area contributed by atoms with E-state index in [1.54, 1.807) is 24.1 Å². The molecule has 1 saturated heterocycles. The number of carbonyl (C=O) groups excluding carboxylic acids is 2. The molecular formula is C20H23N3O4. The SMILES string of the molecule is CCOc1ccc(N2C[C@H](NC(=O)Nc3ccccc3OC)CC2=O)cc1. The predicted molar refractivity (Wildman–Crippen MR) is 104 cm³/mol. The lowest BCUT2D eigenvalue weighted by molar-refractivity contribution is -0.117. The second-order valence-corrected chi connectivity index (χ2v) is 6.13. The van der Waals surface area contributed by atoms with Crippen molar-refractivity contribution in [2.75, 3.05) is 30.5 Å². The van der Waals surface area contributed by atoms with Crippen molar-refractivity contribution in [3.63, 3.8) is 0 Å². The van der Waals surface area contributed by atoms with Crippen LogP contribution in [0.4, 0.5) is 16.2 Å². The van der Waals surface area contributed by atoms with Crippen molar-refractivity contribution in [2.24, 2.45) is 0 Å². The molecule has 7 nitrogen and oxygen atoms in total. The number of hydrogen-bond donors (Lipinski definition) is 2. The van der Waals surface area contributed by atoms with Gasteiger partial charge in [-0.2, -0.15) is 0 Å². The Balaban J connectivity index is 1.59. The molecule has 7 heteroatoms. The molecule has 0 aromatic heterocycles. The second-order valence-electron chi connectivity index (χ2n) is 6.13. The average molecular weight is 369 g/mol. The van der Waals surface area contributed by atoms with Gasteiger partial charge in [0.05, 0.1) is 25.4 Å². The number of para-hydroxylation sites is 2. The third-order valence-electron chi connectivity index (χ3n) is 4.27. The molecule has 3 amide bonds. The average Bonchev–Trinajstić information content (AvgIpc) is 3.03. The van der Waals surface area contributed by atoms with E-state index in [0.29, 0.717) is 24.6 Å². The zero-order valence-electron chi connectivity index (χ0n) is 15.4. The van der Waals surface area contributed by atoms with Gasteiger partial charge in [0, 0.05) is 18.7 Å². The maximum Gasteiger partial charge on any atom is 0.319 e. The monoisotopic (exact) mass is 369 g/mol. The number of carbonyl (C=O) groups is 2. The van der Waals surface area contributed by atoms with Crippen molar-refractivity contribution in [2.45, 2.75) is 19.4 Å². The topological polar surface area (TPSA) is 79.9 Å². The molecule has 2 aromatic rings. The Bertz CT molecular complexity index is 807. The van der Waals surface area contributed by atoms with Gasteiger partial charge in [-0.1, -0.05) is 12.1 Å². The maximum atomic E-state index is 12.3. The summed E-state index contributed by atoms with van der Waals surface area (Å²) in [5.41, 5.74) is 1.36. The Morgan fingerprint density at radius 1 is 1.19 bits per heavy atom. The zero-order chi connectivity index (χ0) is 19.2. The van der Waals surface area contributed by atoms with Gasteiger partial charge in [0.2, 0.25) is 5.91 Å². The van der Waals surface area contributed by atoms with Crippen molar-refractivity contribution in [3.8, 4) is 11.5 Å². The molecular weight excluding hydrogens is 346 g/mol. The molecule has 2 aromatic carbocycles. The van der Waals surface area contributed by atoms with Crippen LogP contribution in [-0.2, 0) is 4.79 Å². The highest BCUT2D eigenvalue weighted by atomic mass is 16.5. The fourth-order valence-corrected chi connectivity index (χ4v) is 3.03. The van der Waals surface area contributed by atoms with Crippen molar-refractivity contribution >= 4 is 23.3 Å². The lowest BCUT2D eigenvalue weighted by atomic mass is 10.2. The summed E-state index contributed by atoms with van der Waals surface area (Å²) >= 11 is 0. The molecule has 0 aliphatic carbocycles. The molecule has 0 unspecified atom stereocenters. The standard InChI is InChI=1S/C20H23N3O4/c1-3-27-16-10-8-15(9-11-16)23-13-14(12-19(23)24)21-20(25)22-17-6-4-5-7-18(17)26-2/h4-11,14H,3,12-13H2,1-2H3,(H2,21,22,25)/t14-/m1/s1. The summed E-state index contributed by atoms with van der Waals surface area (Å²) in [4.78, 5) is 26.3. The first-order chi connectivity index (χ1) is 13.1. The summed E-state index contributed by atoms with van der Waals surface area (Å²) in [6.45, 7) is 2.94. The summed E-state index contributed by atoms with van der Waals surface area (Å²) in [5.74, 6) is 1.31. The molecule has 142 valence electrons. The Morgan fingerprint density at radius 3 is 2.63 bits per heavy atom. The molecule has 0 saturated carbocycles. The second kappa shape index (κ2) is 8.44. The highest BCUT2D eigenvalue weighted by Gasteiger charge is 2.31. The summed E-state index contributed by atoms with van der Waals surface area (Å²) in [5, 5.41) is 5.61. The third kappa shape index (κ3) is 4.49. The summed E-state index contributed by atoms with van der Waals surface area (Å²) in [6.07, 6.45) is 0.257. The number of hydrogen-bond acceptors (Lipinski definition) is 4. The lowest BCUT2D eigenvalue weighted by Gasteiger charge is -2.18. The number of urea groups is 1. The smallest absolute Gasteiger partial charge is 0.319 e. The van der Waals surface area contributed by atoms with Gasteiger partial charge in [-0.15, -0.1) is 0 Å². The zero-order valence-corrected chi connectivity index (χ0v) is 15.4. The molecule has 1 fully saturated rings. The first kappa shape index (κ1) is 18.6. The number of ether oxygens (including phenoxy) is 2. The lowest BCUT2D eigenvalue weighted by Crippen LogP contribution is -2.39. The van der Waals surface area contributed by atoms with E-state index in [-0.39, 0.29) is 24.4 Å². The van der Waals surface area contributed by atoms with Crippen LogP contribution in [0.2, 0.25) is 0 Å². The fraction of sp³-hybridized carbons (Fsp3) is 0.300. The van der Waals surface area contributed by atoms with Gasteiger partial charge in [0.25, 0.3) is 0 Å². The molecule has 1 aliphatic rings. The minimum atomic E-state index is -0.370. The summed E-state index contributed by atoms with van der Waals surface area (Å²) in [7, 11) is 1.54. The van der Waals surface area contributed by atoms with Crippen molar-refractivity contribution in [1.29, 1.82) is 0 Å². The first-order valence-corrected chi connectivity index (χ1v) is 8.84. The summed E-state index contributed by atoms with van der Waals surface area (Å²) < 4.78 is 10.6. The van der Waals surface area contributed by atoms with Gasteiger partial charge >= 0.3 is 6.03 Å². The molecule has 0 radical (unpaired) electrons. The van der Waals surface area contributed by atoms with Crippen LogP contribution in [0.5, 0.6) is 11.5 Å². The molecule has 0 spiro atoms. The number of nitrogens with zero attached hydrogens (tertiary/aromatic N) is 1. The van der Waals surface area contributed by atoms with Gasteiger partial charge in [0.15, 0.2) is 0 Å².